The van der Waals surface area contributed by atoms with E-state index in [1.165, 1.54) is 21.7 Å². The molecule has 0 aliphatic carbocycles. The van der Waals surface area contributed by atoms with Crippen LogP contribution in [0.5, 0.6) is 0 Å². The molecule has 2 aromatic rings. The molecule has 1 aromatic heterocycles. The van der Waals surface area contributed by atoms with Gasteiger partial charge in [-0.15, -0.1) is 11.3 Å². The summed E-state index contributed by atoms with van der Waals surface area (Å²) in [7, 11) is 0. The van der Waals surface area contributed by atoms with E-state index in [2.05, 4.69) is 54.9 Å². The van der Waals surface area contributed by atoms with Gasteiger partial charge in [-0.1, -0.05) is 18.2 Å². The molecule has 0 saturated heterocycles. The van der Waals surface area contributed by atoms with Crippen LogP contribution in [0.2, 0.25) is 0 Å². The number of anilines is 1. The summed E-state index contributed by atoms with van der Waals surface area (Å²) in [5.41, 5.74) is 3.96. The fraction of sp³-hybridized carbons (Fsp3) is 0.286. The Morgan fingerprint density at radius 2 is 2.00 bits per heavy atom. The second-order valence-electron chi connectivity index (χ2n) is 4.00. The lowest BCUT2D eigenvalue weighted by molar-refractivity contribution is 1.04. The van der Waals surface area contributed by atoms with Crippen molar-refractivity contribution in [3.63, 3.8) is 0 Å². The van der Waals surface area contributed by atoms with Gasteiger partial charge in [-0.2, -0.15) is 0 Å². The normalized spacial score (nSPS) is 10.4. The topological polar surface area (TPSA) is 12.0 Å². The maximum Gasteiger partial charge on any atom is 0.0372 e. The molecule has 2 heteroatoms. The van der Waals surface area contributed by atoms with E-state index < -0.39 is 0 Å². The van der Waals surface area contributed by atoms with Crippen LogP contribution < -0.4 is 5.32 Å². The molecule has 0 aliphatic heterocycles. The smallest absolute Gasteiger partial charge is 0.0372 e. The zero-order chi connectivity index (χ0) is 11.4. The van der Waals surface area contributed by atoms with Crippen molar-refractivity contribution in [1.82, 2.24) is 0 Å². The number of aryl methyl sites for hydroxylation is 1. The van der Waals surface area contributed by atoms with Crippen LogP contribution in [0.15, 0.2) is 35.7 Å². The summed E-state index contributed by atoms with van der Waals surface area (Å²) in [6.45, 7) is 5.33. The number of rotatable bonds is 4. The Kier molecular flexibility index (Phi) is 3.62. The molecule has 0 fully saturated rings. The summed E-state index contributed by atoms with van der Waals surface area (Å²) in [5.74, 6) is 0. The van der Waals surface area contributed by atoms with E-state index in [-0.39, 0.29) is 0 Å². The van der Waals surface area contributed by atoms with Gasteiger partial charge in [0.05, 0.1) is 0 Å². The zero-order valence-corrected chi connectivity index (χ0v) is 10.6. The third-order valence-electron chi connectivity index (χ3n) is 2.87. The molecule has 0 atom stereocenters. The molecule has 0 amide bonds. The third-order valence-corrected chi connectivity index (χ3v) is 3.81. The first-order valence-corrected chi connectivity index (χ1v) is 6.48. The zero-order valence-electron chi connectivity index (χ0n) is 9.79. The molecule has 1 N–H and O–H groups in total. The molecule has 1 nitrogen and oxygen atoms in total. The first kappa shape index (κ1) is 11.2. The Hall–Kier alpha value is -1.28. The number of thiophene rings is 1. The maximum absolute atomic E-state index is 3.50. The van der Waals surface area contributed by atoms with Crippen LogP contribution in [0, 0.1) is 13.8 Å². The Morgan fingerprint density at radius 1 is 1.12 bits per heavy atom. The minimum absolute atomic E-state index is 1.00. The molecule has 0 bridgehead atoms. The minimum Gasteiger partial charge on any atom is -0.384 e. The summed E-state index contributed by atoms with van der Waals surface area (Å²) in [4.78, 5) is 1.44. The number of hydrogen-bond acceptors (Lipinski definition) is 2. The highest BCUT2D eigenvalue weighted by atomic mass is 32.1. The molecular formula is C14H17NS. The van der Waals surface area contributed by atoms with Gasteiger partial charge in [0.2, 0.25) is 0 Å². The highest BCUT2D eigenvalue weighted by molar-refractivity contribution is 7.09. The standard InChI is InChI=1S/C14H17NS/c1-11-5-3-7-14(12(11)2)15-9-8-13-6-4-10-16-13/h3-7,10,15H,8-9H2,1-2H3. The van der Waals surface area contributed by atoms with Crippen LogP contribution in [0.4, 0.5) is 5.69 Å². The second-order valence-corrected chi connectivity index (χ2v) is 5.04. The second kappa shape index (κ2) is 5.17. The molecule has 0 aliphatic rings. The van der Waals surface area contributed by atoms with Crippen molar-refractivity contribution in [3.8, 4) is 0 Å². The lowest BCUT2D eigenvalue weighted by Crippen LogP contribution is -2.05. The fourth-order valence-electron chi connectivity index (χ4n) is 1.72. The quantitative estimate of drug-likeness (QED) is 0.838. The molecule has 1 aromatic carbocycles. The average molecular weight is 231 g/mol. The van der Waals surface area contributed by atoms with Crippen molar-refractivity contribution in [2.75, 3.05) is 11.9 Å². The summed E-state index contributed by atoms with van der Waals surface area (Å²) in [6, 6.07) is 10.7. The van der Waals surface area contributed by atoms with Crippen LogP contribution in [-0.4, -0.2) is 6.54 Å². The van der Waals surface area contributed by atoms with Gasteiger partial charge in [0.1, 0.15) is 0 Å². The lowest BCUT2D eigenvalue weighted by Gasteiger charge is -2.10. The summed E-state index contributed by atoms with van der Waals surface area (Å²) < 4.78 is 0. The largest absolute Gasteiger partial charge is 0.384 e. The Labute approximate surface area is 101 Å². The molecule has 84 valence electrons. The highest BCUT2D eigenvalue weighted by Crippen LogP contribution is 2.18. The summed E-state index contributed by atoms with van der Waals surface area (Å²) in [5, 5.41) is 5.63. The SMILES string of the molecule is Cc1cccc(NCCc2cccs2)c1C. The van der Waals surface area contributed by atoms with Crippen molar-refractivity contribution >= 4 is 17.0 Å². The van der Waals surface area contributed by atoms with Crippen LogP contribution in [0.25, 0.3) is 0 Å². The summed E-state index contributed by atoms with van der Waals surface area (Å²) in [6.07, 6.45) is 1.10. The van der Waals surface area contributed by atoms with E-state index in [1.807, 2.05) is 11.3 Å². The van der Waals surface area contributed by atoms with E-state index in [1.54, 1.807) is 0 Å². The van der Waals surface area contributed by atoms with Gasteiger partial charge in [0, 0.05) is 17.1 Å². The van der Waals surface area contributed by atoms with E-state index in [4.69, 9.17) is 0 Å². The average Bonchev–Trinajstić information content (AvgIpc) is 2.77. The Balaban J connectivity index is 1.92. The van der Waals surface area contributed by atoms with Gasteiger partial charge in [0.15, 0.2) is 0 Å². The Bertz CT molecular complexity index is 446. The van der Waals surface area contributed by atoms with Crippen molar-refractivity contribution in [3.05, 3.63) is 51.7 Å². The van der Waals surface area contributed by atoms with Gasteiger partial charge < -0.3 is 5.32 Å². The van der Waals surface area contributed by atoms with Gasteiger partial charge >= 0.3 is 0 Å². The van der Waals surface area contributed by atoms with Gasteiger partial charge in [-0.3, -0.25) is 0 Å². The number of nitrogens with one attached hydrogen (secondary N) is 1. The lowest BCUT2D eigenvalue weighted by atomic mass is 10.1. The van der Waals surface area contributed by atoms with Gasteiger partial charge in [0.25, 0.3) is 0 Å². The molecule has 0 unspecified atom stereocenters. The predicted molar refractivity (Wildman–Crippen MR) is 72.4 cm³/mol. The summed E-state index contributed by atoms with van der Waals surface area (Å²) >= 11 is 1.83. The minimum atomic E-state index is 1.00. The molecule has 2 rings (SSSR count). The van der Waals surface area contributed by atoms with Crippen molar-refractivity contribution < 1.29 is 0 Å². The Morgan fingerprint density at radius 3 is 2.75 bits per heavy atom. The third kappa shape index (κ3) is 2.64. The number of benzene rings is 1. The van der Waals surface area contributed by atoms with Crippen LogP contribution in [-0.2, 0) is 6.42 Å². The van der Waals surface area contributed by atoms with Crippen LogP contribution >= 0.6 is 11.3 Å². The molecular weight excluding hydrogens is 214 g/mol. The first-order valence-electron chi connectivity index (χ1n) is 5.60. The predicted octanol–water partition coefficient (Wildman–Crippen LogP) is 4.02. The van der Waals surface area contributed by atoms with E-state index in [0.717, 1.165) is 13.0 Å². The van der Waals surface area contributed by atoms with Crippen molar-refractivity contribution in [2.24, 2.45) is 0 Å². The first-order chi connectivity index (χ1) is 7.77. The maximum atomic E-state index is 3.50. The van der Waals surface area contributed by atoms with Crippen LogP contribution in [0.3, 0.4) is 0 Å². The van der Waals surface area contributed by atoms with Gasteiger partial charge in [-0.05, 0) is 48.9 Å². The molecule has 0 radical (unpaired) electrons. The van der Waals surface area contributed by atoms with E-state index in [9.17, 15) is 0 Å². The van der Waals surface area contributed by atoms with E-state index in [0.29, 0.717) is 0 Å². The number of hydrogen-bond donors (Lipinski definition) is 1. The molecule has 16 heavy (non-hydrogen) atoms. The van der Waals surface area contributed by atoms with Crippen molar-refractivity contribution in [1.29, 1.82) is 0 Å². The molecule has 0 saturated carbocycles. The molecule has 0 spiro atoms. The highest BCUT2D eigenvalue weighted by Gasteiger charge is 1.99. The fourth-order valence-corrected chi connectivity index (χ4v) is 2.43. The molecule has 1 heterocycles. The van der Waals surface area contributed by atoms with Crippen LogP contribution in [0.1, 0.15) is 16.0 Å². The van der Waals surface area contributed by atoms with Crippen molar-refractivity contribution in [2.45, 2.75) is 20.3 Å². The monoisotopic (exact) mass is 231 g/mol. The van der Waals surface area contributed by atoms with Gasteiger partial charge in [-0.25, -0.2) is 0 Å². The van der Waals surface area contributed by atoms with E-state index >= 15 is 0 Å².